The molecule has 6 heteroatoms. The van der Waals surface area contributed by atoms with Crippen LogP contribution in [0.4, 0.5) is 5.69 Å². The first-order valence-corrected chi connectivity index (χ1v) is 10.8. The monoisotopic (exact) mass is 409 g/mol. The van der Waals surface area contributed by atoms with E-state index in [9.17, 15) is 9.59 Å². The highest BCUT2D eigenvalue weighted by atomic mass is 16.5. The van der Waals surface area contributed by atoms with Gasteiger partial charge in [-0.1, -0.05) is 38.1 Å². The van der Waals surface area contributed by atoms with E-state index in [0.717, 1.165) is 50.1 Å². The fourth-order valence-electron chi connectivity index (χ4n) is 3.61. The number of pyridine rings is 1. The Labute approximate surface area is 178 Å². The lowest BCUT2D eigenvalue weighted by Crippen LogP contribution is -2.34. The zero-order chi connectivity index (χ0) is 21.3. The summed E-state index contributed by atoms with van der Waals surface area (Å²) in [6, 6.07) is 10.1. The fourth-order valence-corrected chi connectivity index (χ4v) is 3.61. The molecule has 1 aliphatic rings. The van der Waals surface area contributed by atoms with Gasteiger partial charge in [0.05, 0.1) is 12.2 Å². The molecule has 2 aromatic rings. The summed E-state index contributed by atoms with van der Waals surface area (Å²) in [4.78, 5) is 29.3. The summed E-state index contributed by atoms with van der Waals surface area (Å²) in [5, 5.41) is 6.12. The number of carbonyl (C=O) groups excluding carboxylic acids is 2. The molecule has 1 aliphatic heterocycles. The lowest BCUT2D eigenvalue weighted by molar-refractivity contribution is -0.115. The molecule has 0 unspecified atom stereocenters. The number of anilines is 1. The number of amides is 1. The Balaban J connectivity index is 1.71. The molecule has 1 fully saturated rings. The standard InChI is InChI=1S/C24H31N3O3/c1-3-17-6-5-7-19(12-17)20-13-21(24(26-15-20)22(28)4-2)27-23(29)16-25-14-18-8-10-30-11-9-18/h5-7,12-13,15,18,25H,3-4,8-11,14,16H2,1-2H3,(H,27,29). The van der Waals surface area contributed by atoms with E-state index in [1.54, 1.807) is 13.1 Å². The van der Waals surface area contributed by atoms with Gasteiger partial charge < -0.3 is 15.4 Å². The van der Waals surface area contributed by atoms with Crippen molar-refractivity contribution in [3.8, 4) is 11.1 Å². The van der Waals surface area contributed by atoms with E-state index in [0.29, 0.717) is 23.7 Å². The number of Topliss-reactive ketones (excluding diaryl/α,β-unsaturated/α-hetero) is 1. The van der Waals surface area contributed by atoms with Crippen molar-refractivity contribution in [2.24, 2.45) is 5.92 Å². The van der Waals surface area contributed by atoms with Gasteiger partial charge in [0.15, 0.2) is 5.78 Å². The van der Waals surface area contributed by atoms with Gasteiger partial charge in [-0.15, -0.1) is 0 Å². The van der Waals surface area contributed by atoms with E-state index in [1.807, 2.05) is 18.2 Å². The second-order valence-corrected chi connectivity index (χ2v) is 7.69. The highest BCUT2D eigenvalue weighted by Crippen LogP contribution is 2.26. The number of aromatic nitrogens is 1. The molecule has 0 aliphatic carbocycles. The Hall–Kier alpha value is -2.57. The molecule has 2 heterocycles. The molecule has 1 aromatic heterocycles. The molecular formula is C24H31N3O3. The third-order valence-electron chi connectivity index (χ3n) is 5.48. The average molecular weight is 410 g/mol. The Morgan fingerprint density at radius 2 is 1.93 bits per heavy atom. The molecule has 0 atom stereocenters. The molecule has 1 saturated heterocycles. The van der Waals surface area contributed by atoms with Crippen molar-refractivity contribution in [1.29, 1.82) is 0 Å². The number of nitrogens with zero attached hydrogens (tertiary/aromatic N) is 1. The zero-order valence-electron chi connectivity index (χ0n) is 17.9. The first-order valence-electron chi connectivity index (χ1n) is 10.8. The van der Waals surface area contributed by atoms with Crippen LogP contribution in [-0.2, 0) is 16.0 Å². The lowest BCUT2D eigenvalue weighted by Gasteiger charge is -2.22. The minimum Gasteiger partial charge on any atom is -0.381 e. The molecule has 0 radical (unpaired) electrons. The van der Waals surface area contributed by atoms with Gasteiger partial charge in [-0.2, -0.15) is 0 Å². The number of nitrogens with one attached hydrogen (secondary N) is 2. The molecule has 30 heavy (non-hydrogen) atoms. The molecule has 1 aromatic carbocycles. The lowest BCUT2D eigenvalue weighted by atomic mass is 10.0. The van der Waals surface area contributed by atoms with Crippen molar-refractivity contribution in [3.63, 3.8) is 0 Å². The van der Waals surface area contributed by atoms with Crippen LogP contribution < -0.4 is 10.6 Å². The van der Waals surface area contributed by atoms with Crippen LogP contribution in [0.3, 0.4) is 0 Å². The van der Waals surface area contributed by atoms with E-state index in [-0.39, 0.29) is 18.2 Å². The number of aryl methyl sites for hydroxylation is 1. The number of ether oxygens (including phenoxy) is 1. The molecule has 6 nitrogen and oxygen atoms in total. The summed E-state index contributed by atoms with van der Waals surface area (Å²) in [6.07, 6.45) is 5.02. The van der Waals surface area contributed by atoms with E-state index in [4.69, 9.17) is 4.74 Å². The minimum atomic E-state index is -0.173. The predicted molar refractivity (Wildman–Crippen MR) is 119 cm³/mol. The molecule has 0 saturated carbocycles. The second kappa shape index (κ2) is 11.0. The highest BCUT2D eigenvalue weighted by molar-refractivity contribution is 6.04. The van der Waals surface area contributed by atoms with Crippen LogP contribution >= 0.6 is 0 Å². The average Bonchev–Trinajstić information content (AvgIpc) is 2.79. The molecule has 2 N–H and O–H groups in total. The number of hydrogen-bond acceptors (Lipinski definition) is 5. The first kappa shape index (κ1) is 22.1. The van der Waals surface area contributed by atoms with Gasteiger partial charge in [-0.05, 0) is 48.9 Å². The van der Waals surface area contributed by atoms with Crippen molar-refractivity contribution in [2.75, 3.05) is 31.6 Å². The fraction of sp³-hybridized carbons (Fsp3) is 0.458. The van der Waals surface area contributed by atoms with Crippen LogP contribution in [0.1, 0.15) is 49.2 Å². The Morgan fingerprint density at radius 1 is 1.13 bits per heavy atom. The van der Waals surface area contributed by atoms with Crippen LogP contribution in [0.2, 0.25) is 0 Å². The maximum Gasteiger partial charge on any atom is 0.238 e. The molecule has 0 bridgehead atoms. The zero-order valence-corrected chi connectivity index (χ0v) is 17.9. The number of carbonyl (C=O) groups is 2. The second-order valence-electron chi connectivity index (χ2n) is 7.69. The smallest absolute Gasteiger partial charge is 0.238 e. The summed E-state index contributed by atoms with van der Waals surface area (Å²) in [6.45, 7) is 6.48. The summed E-state index contributed by atoms with van der Waals surface area (Å²) in [5.41, 5.74) is 3.91. The van der Waals surface area contributed by atoms with E-state index >= 15 is 0 Å². The van der Waals surface area contributed by atoms with Gasteiger partial charge in [0, 0.05) is 31.4 Å². The summed E-state index contributed by atoms with van der Waals surface area (Å²) >= 11 is 0. The Kier molecular flexibility index (Phi) is 8.11. The maximum absolute atomic E-state index is 12.5. The van der Waals surface area contributed by atoms with Crippen LogP contribution in [-0.4, -0.2) is 43.0 Å². The van der Waals surface area contributed by atoms with Crippen molar-refractivity contribution >= 4 is 17.4 Å². The van der Waals surface area contributed by atoms with Crippen LogP contribution in [0, 0.1) is 5.92 Å². The predicted octanol–water partition coefficient (Wildman–Crippen LogP) is 3.86. The normalized spacial score (nSPS) is 14.5. The minimum absolute atomic E-state index is 0.0886. The molecule has 1 amide bonds. The van der Waals surface area contributed by atoms with Crippen molar-refractivity contribution in [1.82, 2.24) is 10.3 Å². The van der Waals surface area contributed by atoms with Gasteiger partial charge in [0.25, 0.3) is 0 Å². The van der Waals surface area contributed by atoms with E-state index in [2.05, 4.69) is 34.7 Å². The number of hydrogen-bond donors (Lipinski definition) is 2. The van der Waals surface area contributed by atoms with E-state index < -0.39 is 0 Å². The van der Waals surface area contributed by atoms with Crippen LogP contribution in [0.5, 0.6) is 0 Å². The van der Waals surface area contributed by atoms with Gasteiger partial charge in [-0.3, -0.25) is 14.6 Å². The molecule has 0 spiro atoms. The Morgan fingerprint density at radius 3 is 2.67 bits per heavy atom. The third kappa shape index (κ3) is 5.97. The summed E-state index contributed by atoms with van der Waals surface area (Å²) < 4.78 is 5.37. The third-order valence-corrected chi connectivity index (χ3v) is 5.48. The molecular weight excluding hydrogens is 378 g/mol. The van der Waals surface area contributed by atoms with Crippen LogP contribution in [0.15, 0.2) is 36.5 Å². The number of benzene rings is 1. The first-order chi connectivity index (χ1) is 14.6. The summed E-state index contributed by atoms with van der Waals surface area (Å²) in [7, 11) is 0. The summed E-state index contributed by atoms with van der Waals surface area (Å²) in [5.74, 6) is 0.280. The Bertz CT molecular complexity index is 876. The largest absolute Gasteiger partial charge is 0.381 e. The van der Waals surface area contributed by atoms with Crippen molar-refractivity contribution < 1.29 is 14.3 Å². The molecule has 3 rings (SSSR count). The van der Waals surface area contributed by atoms with Gasteiger partial charge >= 0.3 is 0 Å². The number of rotatable bonds is 9. The number of ketones is 1. The van der Waals surface area contributed by atoms with Crippen molar-refractivity contribution in [3.05, 3.63) is 47.8 Å². The molecule has 160 valence electrons. The van der Waals surface area contributed by atoms with Gasteiger partial charge in [0.1, 0.15) is 5.69 Å². The topological polar surface area (TPSA) is 80.3 Å². The van der Waals surface area contributed by atoms with Gasteiger partial charge in [0.2, 0.25) is 5.91 Å². The maximum atomic E-state index is 12.5. The quantitative estimate of drug-likeness (QED) is 0.615. The van der Waals surface area contributed by atoms with Crippen molar-refractivity contribution in [2.45, 2.75) is 39.5 Å². The highest BCUT2D eigenvalue weighted by Gasteiger charge is 2.17. The van der Waals surface area contributed by atoms with E-state index in [1.165, 1.54) is 5.56 Å². The SMILES string of the molecule is CCC(=O)c1ncc(-c2cccc(CC)c2)cc1NC(=O)CNCC1CCOCC1. The van der Waals surface area contributed by atoms with Crippen LogP contribution in [0.25, 0.3) is 11.1 Å². The van der Waals surface area contributed by atoms with Gasteiger partial charge in [-0.25, -0.2) is 0 Å².